The fourth-order valence-electron chi connectivity index (χ4n) is 1.80. The molecule has 0 amide bonds. The van der Waals surface area contributed by atoms with Crippen LogP contribution in [0.15, 0.2) is 30.6 Å². The first-order chi connectivity index (χ1) is 8.75. The van der Waals surface area contributed by atoms with Crippen LogP contribution in [0.3, 0.4) is 0 Å². The van der Waals surface area contributed by atoms with Crippen molar-refractivity contribution in [2.24, 2.45) is 0 Å². The second-order valence-electron chi connectivity index (χ2n) is 4.30. The fourth-order valence-corrected chi connectivity index (χ4v) is 1.80. The van der Waals surface area contributed by atoms with Gasteiger partial charge in [-0.2, -0.15) is 0 Å². The molecule has 1 fully saturated rings. The number of halogens is 2. The summed E-state index contributed by atoms with van der Waals surface area (Å²) in [5.74, 6) is -0.710. The Labute approximate surface area is 103 Å². The van der Waals surface area contributed by atoms with E-state index in [2.05, 4.69) is 15.3 Å². The predicted octanol–water partition coefficient (Wildman–Crippen LogP) is 3.38. The van der Waals surface area contributed by atoms with Crippen molar-refractivity contribution in [1.29, 1.82) is 0 Å². The van der Waals surface area contributed by atoms with E-state index in [9.17, 15) is 8.78 Å². The number of anilines is 2. The van der Waals surface area contributed by atoms with E-state index in [1.807, 2.05) is 0 Å². The van der Waals surface area contributed by atoms with Gasteiger partial charge < -0.3 is 5.32 Å². The molecule has 92 valence electrons. The van der Waals surface area contributed by atoms with Crippen LogP contribution in [-0.4, -0.2) is 9.97 Å². The summed E-state index contributed by atoms with van der Waals surface area (Å²) in [7, 11) is 0. The first kappa shape index (κ1) is 11.1. The van der Waals surface area contributed by atoms with Crippen LogP contribution in [0.5, 0.6) is 0 Å². The van der Waals surface area contributed by atoms with Crippen LogP contribution in [-0.2, 0) is 0 Å². The van der Waals surface area contributed by atoms with Crippen molar-refractivity contribution in [3.05, 3.63) is 47.9 Å². The van der Waals surface area contributed by atoms with Gasteiger partial charge in [-0.05, 0) is 25.0 Å². The largest absolute Gasteiger partial charge is 0.335 e. The Morgan fingerprint density at radius 3 is 2.61 bits per heavy atom. The zero-order valence-corrected chi connectivity index (χ0v) is 9.53. The van der Waals surface area contributed by atoms with Crippen molar-refractivity contribution >= 4 is 11.5 Å². The first-order valence-corrected chi connectivity index (χ1v) is 5.77. The molecule has 1 aromatic heterocycles. The van der Waals surface area contributed by atoms with Crippen molar-refractivity contribution in [2.45, 2.75) is 18.8 Å². The Hall–Kier alpha value is -2.04. The minimum atomic E-state index is -0.483. The maximum Gasteiger partial charge on any atom is 0.187 e. The fraction of sp³-hybridized carbons (Fsp3) is 0.231. The number of aromatic nitrogens is 2. The van der Waals surface area contributed by atoms with Gasteiger partial charge in [0.05, 0.1) is 11.4 Å². The highest BCUT2D eigenvalue weighted by Gasteiger charge is 2.29. The molecule has 1 aliphatic carbocycles. The summed E-state index contributed by atoms with van der Waals surface area (Å²) in [5, 5.41) is 2.66. The van der Waals surface area contributed by atoms with E-state index >= 15 is 0 Å². The molecule has 3 nitrogen and oxygen atoms in total. The van der Waals surface area contributed by atoms with E-state index in [1.54, 1.807) is 12.1 Å². The molecule has 5 heteroatoms. The van der Waals surface area contributed by atoms with Gasteiger partial charge in [0.25, 0.3) is 0 Å². The Morgan fingerprint density at radius 1 is 1.11 bits per heavy atom. The summed E-state index contributed by atoms with van der Waals surface area (Å²) in [6.07, 6.45) is 3.21. The highest BCUT2D eigenvalue weighted by molar-refractivity contribution is 5.57. The van der Waals surface area contributed by atoms with Crippen LogP contribution in [0.2, 0.25) is 0 Å². The van der Waals surface area contributed by atoms with Gasteiger partial charge in [-0.15, -0.1) is 0 Å². The van der Waals surface area contributed by atoms with E-state index in [4.69, 9.17) is 0 Å². The number of hydrogen-bond donors (Lipinski definition) is 1. The van der Waals surface area contributed by atoms with Crippen LogP contribution in [0, 0.1) is 11.6 Å². The molecule has 0 unspecified atom stereocenters. The molecule has 0 atom stereocenters. The van der Waals surface area contributed by atoms with Gasteiger partial charge in [-0.3, -0.25) is 0 Å². The van der Waals surface area contributed by atoms with Gasteiger partial charge in [-0.25, -0.2) is 18.7 Å². The summed E-state index contributed by atoms with van der Waals surface area (Å²) < 4.78 is 27.5. The summed E-state index contributed by atoms with van der Waals surface area (Å²) in [4.78, 5) is 7.77. The summed E-state index contributed by atoms with van der Waals surface area (Å²) >= 11 is 0. The molecule has 3 rings (SSSR count). The van der Waals surface area contributed by atoms with Crippen LogP contribution in [0.1, 0.15) is 24.5 Å². The number of nitrogens with one attached hydrogen (secondary N) is 1. The van der Waals surface area contributed by atoms with Gasteiger partial charge in [0.15, 0.2) is 11.6 Å². The molecule has 1 N–H and O–H groups in total. The predicted molar refractivity (Wildman–Crippen MR) is 63.6 cm³/mol. The molecule has 18 heavy (non-hydrogen) atoms. The zero-order chi connectivity index (χ0) is 12.5. The van der Waals surface area contributed by atoms with E-state index in [0.29, 0.717) is 5.69 Å². The second kappa shape index (κ2) is 4.33. The quantitative estimate of drug-likeness (QED) is 0.903. The molecule has 2 aromatic rings. The second-order valence-corrected chi connectivity index (χ2v) is 4.30. The molecular weight excluding hydrogens is 236 g/mol. The van der Waals surface area contributed by atoms with E-state index < -0.39 is 11.6 Å². The third-order valence-electron chi connectivity index (χ3n) is 2.91. The van der Waals surface area contributed by atoms with Crippen LogP contribution < -0.4 is 5.32 Å². The minimum absolute atomic E-state index is 0.0250. The lowest BCUT2D eigenvalue weighted by atomic mass is 10.2. The molecule has 0 spiro atoms. The topological polar surface area (TPSA) is 37.8 Å². The highest BCUT2D eigenvalue weighted by atomic mass is 19.1. The van der Waals surface area contributed by atoms with Gasteiger partial charge in [0.1, 0.15) is 12.1 Å². The van der Waals surface area contributed by atoms with E-state index in [1.165, 1.54) is 18.5 Å². The molecule has 1 aromatic carbocycles. The molecule has 1 heterocycles. The number of hydrogen-bond acceptors (Lipinski definition) is 3. The number of nitrogens with zero attached hydrogens (tertiary/aromatic N) is 2. The normalized spacial score (nSPS) is 14.6. The first-order valence-electron chi connectivity index (χ1n) is 5.77. The molecule has 1 saturated carbocycles. The van der Waals surface area contributed by atoms with Gasteiger partial charge in [0.2, 0.25) is 0 Å². The van der Waals surface area contributed by atoms with Crippen LogP contribution in [0.25, 0.3) is 0 Å². The van der Waals surface area contributed by atoms with Crippen molar-refractivity contribution in [2.75, 3.05) is 5.32 Å². The monoisotopic (exact) mass is 247 g/mol. The zero-order valence-electron chi connectivity index (χ0n) is 9.53. The van der Waals surface area contributed by atoms with Gasteiger partial charge >= 0.3 is 0 Å². The standard InChI is InChI=1S/C13H11F2N3/c14-9-3-1-2-4-10(9)18-13-11(15)12(8-5-6-8)16-7-17-13/h1-4,7-8H,5-6H2,(H,16,17,18). The SMILES string of the molecule is Fc1ccccc1Nc1ncnc(C2CC2)c1F. The Morgan fingerprint density at radius 2 is 1.89 bits per heavy atom. The van der Waals surface area contributed by atoms with E-state index in [-0.39, 0.29) is 17.4 Å². The maximum atomic E-state index is 14.1. The van der Waals surface area contributed by atoms with Gasteiger partial charge in [-0.1, -0.05) is 12.1 Å². The molecule has 0 bridgehead atoms. The molecule has 0 radical (unpaired) electrons. The van der Waals surface area contributed by atoms with E-state index in [0.717, 1.165) is 12.8 Å². The smallest absolute Gasteiger partial charge is 0.187 e. The number of rotatable bonds is 3. The Balaban J connectivity index is 1.93. The lowest BCUT2D eigenvalue weighted by molar-refractivity contribution is 0.595. The average Bonchev–Trinajstić information content (AvgIpc) is 3.19. The molecular formula is C13H11F2N3. The molecule has 0 saturated heterocycles. The number of benzene rings is 1. The van der Waals surface area contributed by atoms with Crippen molar-refractivity contribution < 1.29 is 8.78 Å². The van der Waals surface area contributed by atoms with Crippen LogP contribution >= 0.6 is 0 Å². The minimum Gasteiger partial charge on any atom is -0.335 e. The molecule has 0 aliphatic heterocycles. The van der Waals surface area contributed by atoms with Crippen molar-refractivity contribution in [3.63, 3.8) is 0 Å². The van der Waals surface area contributed by atoms with Gasteiger partial charge in [0, 0.05) is 5.92 Å². The third-order valence-corrected chi connectivity index (χ3v) is 2.91. The van der Waals surface area contributed by atoms with Crippen LogP contribution in [0.4, 0.5) is 20.3 Å². The summed E-state index contributed by atoms with van der Waals surface area (Å²) in [6.45, 7) is 0. The maximum absolute atomic E-state index is 14.1. The Kier molecular flexibility index (Phi) is 2.66. The number of para-hydroxylation sites is 1. The van der Waals surface area contributed by atoms with Crippen molar-refractivity contribution in [3.8, 4) is 0 Å². The van der Waals surface area contributed by atoms with Crippen molar-refractivity contribution in [1.82, 2.24) is 9.97 Å². The highest BCUT2D eigenvalue weighted by Crippen LogP contribution is 2.41. The lowest BCUT2D eigenvalue weighted by Crippen LogP contribution is -2.03. The lowest BCUT2D eigenvalue weighted by Gasteiger charge is -2.09. The average molecular weight is 247 g/mol. The summed E-state index contributed by atoms with van der Waals surface area (Å²) in [5.41, 5.74) is 0.626. The Bertz CT molecular complexity index is 582. The third kappa shape index (κ3) is 2.03. The molecule has 1 aliphatic rings. The summed E-state index contributed by atoms with van der Waals surface area (Å²) in [6, 6.07) is 6.09.